The average Bonchev–Trinajstić information content (AvgIpc) is 2.25. The number of ether oxygens (including phenoxy) is 2. The Morgan fingerprint density at radius 3 is 1.93 bits per heavy atom. The number of carbonyl (C=O) groups is 2. The molecule has 0 aliphatic carbocycles. The minimum atomic E-state index is -0.353. The molecule has 0 bridgehead atoms. The van der Waals surface area contributed by atoms with Gasteiger partial charge in [-0.05, 0) is 6.42 Å². The highest BCUT2D eigenvalue weighted by molar-refractivity contribution is 9.09. The van der Waals surface area contributed by atoms with Crippen molar-refractivity contribution in [1.29, 1.82) is 0 Å². The molecule has 0 fully saturated rings. The monoisotopic (exact) mass is 281 g/mol. The van der Waals surface area contributed by atoms with Crippen molar-refractivity contribution >= 4 is 27.9 Å². The number of carbonyl (C=O) groups excluding carboxylic acids is 2. The molecule has 0 unspecified atom stereocenters. The molecule has 0 aromatic rings. The van der Waals surface area contributed by atoms with Crippen molar-refractivity contribution in [2.24, 2.45) is 0 Å². The van der Waals surface area contributed by atoms with Crippen LogP contribution in [0.5, 0.6) is 0 Å². The second-order valence-corrected chi connectivity index (χ2v) is 3.70. The Kier molecular flexibility index (Phi) is 8.31. The van der Waals surface area contributed by atoms with E-state index in [0.717, 1.165) is 11.8 Å². The third-order valence-electron chi connectivity index (χ3n) is 1.77. The van der Waals surface area contributed by atoms with E-state index in [2.05, 4.69) is 25.4 Å². The van der Waals surface area contributed by atoms with Crippen LogP contribution in [0.1, 0.15) is 6.42 Å². The van der Waals surface area contributed by atoms with Crippen molar-refractivity contribution in [2.75, 3.05) is 39.2 Å². The maximum absolute atomic E-state index is 11.0. The number of methoxy groups -OCH3 is 2. The first kappa shape index (κ1) is 14.4. The van der Waals surface area contributed by atoms with Gasteiger partial charge in [0.05, 0.1) is 27.3 Å². The van der Waals surface area contributed by atoms with E-state index in [-0.39, 0.29) is 25.0 Å². The topological polar surface area (TPSA) is 55.8 Å². The van der Waals surface area contributed by atoms with Crippen LogP contribution in [-0.4, -0.2) is 56.0 Å². The Balaban J connectivity index is 4.05. The second kappa shape index (κ2) is 8.67. The summed E-state index contributed by atoms with van der Waals surface area (Å²) < 4.78 is 9.06. The molecule has 0 saturated heterocycles. The number of nitrogens with zero attached hydrogens (tertiary/aromatic N) is 1. The van der Waals surface area contributed by atoms with Crippen LogP contribution < -0.4 is 0 Å². The fourth-order valence-electron chi connectivity index (χ4n) is 0.992. The van der Waals surface area contributed by atoms with E-state index in [9.17, 15) is 9.59 Å². The van der Waals surface area contributed by atoms with Crippen LogP contribution in [0.4, 0.5) is 0 Å². The van der Waals surface area contributed by atoms with Gasteiger partial charge in [0, 0.05) is 11.9 Å². The second-order valence-electron chi connectivity index (χ2n) is 2.91. The Hall–Kier alpha value is -0.620. The normalized spacial score (nSPS) is 10.1. The van der Waals surface area contributed by atoms with Gasteiger partial charge in [-0.1, -0.05) is 15.9 Å². The van der Waals surface area contributed by atoms with Crippen LogP contribution in [0.25, 0.3) is 0 Å². The van der Waals surface area contributed by atoms with Gasteiger partial charge in [-0.2, -0.15) is 0 Å². The van der Waals surface area contributed by atoms with E-state index in [0.29, 0.717) is 6.54 Å². The number of alkyl halides is 1. The number of hydrogen-bond acceptors (Lipinski definition) is 5. The van der Waals surface area contributed by atoms with Crippen LogP contribution in [0, 0.1) is 0 Å². The summed E-state index contributed by atoms with van der Waals surface area (Å²) in [6.45, 7) is 0.868. The van der Waals surface area contributed by atoms with Gasteiger partial charge in [0.25, 0.3) is 0 Å². The molecule has 15 heavy (non-hydrogen) atoms. The zero-order valence-corrected chi connectivity index (χ0v) is 10.6. The molecule has 0 aliphatic heterocycles. The minimum absolute atomic E-state index is 0.110. The van der Waals surface area contributed by atoms with E-state index in [1.807, 2.05) is 0 Å². The smallest absolute Gasteiger partial charge is 0.319 e. The summed E-state index contributed by atoms with van der Waals surface area (Å²) >= 11 is 3.29. The van der Waals surface area contributed by atoms with Gasteiger partial charge in [0.15, 0.2) is 0 Å². The van der Waals surface area contributed by atoms with Gasteiger partial charge in [0.1, 0.15) is 0 Å². The van der Waals surface area contributed by atoms with E-state index >= 15 is 0 Å². The molecule has 0 N–H and O–H groups in total. The summed E-state index contributed by atoms with van der Waals surface area (Å²) in [4.78, 5) is 23.7. The summed E-state index contributed by atoms with van der Waals surface area (Å²) in [6.07, 6.45) is 0.855. The van der Waals surface area contributed by atoms with Crippen LogP contribution in [0.15, 0.2) is 0 Å². The fraction of sp³-hybridized carbons (Fsp3) is 0.778. The molecule has 0 spiro atoms. The lowest BCUT2D eigenvalue weighted by atomic mass is 10.4. The van der Waals surface area contributed by atoms with Crippen molar-refractivity contribution < 1.29 is 19.1 Å². The van der Waals surface area contributed by atoms with Gasteiger partial charge in [-0.3, -0.25) is 14.5 Å². The van der Waals surface area contributed by atoms with Crippen molar-refractivity contribution in [3.8, 4) is 0 Å². The predicted octanol–water partition coefficient (Wildman–Crippen LogP) is 0.419. The lowest BCUT2D eigenvalue weighted by molar-refractivity contribution is -0.145. The van der Waals surface area contributed by atoms with Crippen LogP contribution in [0.2, 0.25) is 0 Å². The first-order valence-corrected chi connectivity index (χ1v) is 5.68. The largest absolute Gasteiger partial charge is 0.468 e. The molecular weight excluding hydrogens is 266 g/mol. The quantitative estimate of drug-likeness (QED) is 0.500. The first-order valence-electron chi connectivity index (χ1n) is 4.56. The van der Waals surface area contributed by atoms with Crippen LogP contribution in [0.3, 0.4) is 0 Å². The standard InChI is InChI=1S/C9H16BrNO4/c1-14-8(12)6-11(5-3-4-10)7-9(13)15-2/h3-7H2,1-2H3. The molecule has 0 amide bonds. The lowest BCUT2D eigenvalue weighted by Crippen LogP contribution is -2.36. The maximum Gasteiger partial charge on any atom is 0.319 e. The highest BCUT2D eigenvalue weighted by Crippen LogP contribution is 1.96. The van der Waals surface area contributed by atoms with Crippen LogP contribution >= 0.6 is 15.9 Å². The third-order valence-corrected chi connectivity index (χ3v) is 2.33. The summed E-state index contributed by atoms with van der Waals surface area (Å²) in [5, 5.41) is 0.825. The van der Waals surface area contributed by atoms with Gasteiger partial charge in [0.2, 0.25) is 0 Å². The predicted molar refractivity (Wildman–Crippen MR) is 58.9 cm³/mol. The van der Waals surface area contributed by atoms with Gasteiger partial charge in [-0.25, -0.2) is 0 Å². The number of halogens is 1. The van der Waals surface area contributed by atoms with Crippen molar-refractivity contribution in [2.45, 2.75) is 6.42 Å². The summed E-state index contributed by atoms with van der Waals surface area (Å²) in [6, 6.07) is 0. The molecule has 0 rings (SSSR count). The third kappa shape index (κ3) is 7.33. The first-order chi connectivity index (χ1) is 7.13. The molecule has 0 radical (unpaired) electrons. The Morgan fingerprint density at radius 1 is 1.13 bits per heavy atom. The van der Waals surface area contributed by atoms with E-state index in [1.165, 1.54) is 14.2 Å². The van der Waals surface area contributed by atoms with Gasteiger partial charge in [-0.15, -0.1) is 0 Å². The van der Waals surface area contributed by atoms with E-state index < -0.39 is 0 Å². The Bertz CT molecular complexity index is 192. The maximum atomic E-state index is 11.0. The fourth-order valence-corrected chi connectivity index (χ4v) is 1.24. The van der Waals surface area contributed by atoms with Crippen molar-refractivity contribution in [3.05, 3.63) is 0 Å². The summed E-state index contributed by atoms with van der Waals surface area (Å²) in [5.74, 6) is -0.707. The minimum Gasteiger partial charge on any atom is -0.468 e. The summed E-state index contributed by atoms with van der Waals surface area (Å²) in [7, 11) is 2.65. The average molecular weight is 282 g/mol. The number of hydrogen-bond donors (Lipinski definition) is 0. The van der Waals surface area contributed by atoms with Crippen molar-refractivity contribution in [3.63, 3.8) is 0 Å². The summed E-state index contributed by atoms with van der Waals surface area (Å²) in [5.41, 5.74) is 0. The zero-order valence-electron chi connectivity index (χ0n) is 8.99. The van der Waals surface area contributed by atoms with Crippen molar-refractivity contribution in [1.82, 2.24) is 4.90 Å². The number of esters is 2. The molecule has 6 heteroatoms. The lowest BCUT2D eigenvalue weighted by Gasteiger charge is -2.18. The molecule has 0 aromatic heterocycles. The molecule has 88 valence electrons. The molecular formula is C9H16BrNO4. The molecule has 0 saturated carbocycles. The Labute approximate surface area is 97.8 Å². The van der Waals surface area contributed by atoms with Gasteiger partial charge >= 0.3 is 11.9 Å². The highest BCUT2D eigenvalue weighted by Gasteiger charge is 2.14. The number of rotatable bonds is 7. The highest BCUT2D eigenvalue weighted by atomic mass is 79.9. The molecule has 0 heterocycles. The van der Waals surface area contributed by atoms with Crippen LogP contribution in [-0.2, 0) is 19.1 Å². The zero-order chi connectivity index (χ0) is 11.7. The van der Waals surface area contributed by atoms with Gasteiger partial charge < -0.3 is 9.47 Å². The SMILES string of the molecule is COC(=O)CN(CCCBr)CC(=O)OC. The molecule has 0 atom stereocenters. The van der Waals surface area contributed by atoms with E-state index in [4.69, 9.17) is 0 Å². The van der Waals surface area contributed by atoms with E-state index in [1.54, 1.807) is 4.90 Å². The molecule has 5 nitrogen and oxygen atoms in total. The Morgan fingerprint density at radius 2 is 1.60 bits per heavy atom. The molecule has 0 aliphatic rings. The molecule has 0 aromatic carbocycles.